The van der Waals surface area contributed by atoms with E-state index in [0.29, 0.717) is 21.9 Å². The van der Waals surface area contributed by atoms with E-state index in [9.17, 15) is 9.59 Å². The summed E-state index contributed by atoms with van der Waals surface area (Å²) in [5.41, 5.74) is 1.23. The van der Waals surface area contributed by atoms with Gasteiger partial charge >= 0.3 is 0 Å². The van der Waals surface area contributed by atoms with Crippen LogP contribution in [0.1, 0.15) is 26.3 Å². The molecule has 154 valence electrons. The number of carbonyl (C=O) groups excluding carboxylic acids is 1. The van der Waals surface area contributed by atoms with E-state index in [1.54, 1.807) is 10.8 Å². The number of thiophene rings is 1. The molecule has 0 aliphatic heterocycles. The van der Waals surface area contributed by atoms with Crippen LogP contribution in [0, 0.1) is 0 Å². The summed E-state index contributed by atoms with van der Waals surface area (Å²) >= 11 is 2.64. The molecule has 1 aromatic carbocycles. The van der Waals surface area contributed by atoms with Crippen molar-refractivity contribution in [3.05, 3.63) is 64.6 Å². The van der Waals surface area contributed by atoms with E-state index in [-0.39, 0.29) is 22.8 Å². The van der Waals surface area contributed by atoms with E-state index in [0.717, 1.165) is 15.8 Å². The Morgan fingerprint density at radius 3 is 2.67 bits per heavy atom. The van der Waals surface area contributed by atoms with Crippen LogP contribution in [0.25, 0.3) is 20.4 Å². The second-order valence-corrected chi connectivity index (χ2v) is 9.94. The van der Waals surface area contributed by atoms with Crippen molar-refractivity contribution in [3.63, 3.8) is 0 Å². The summed E-state index contributed by atoms with van der Waals surface area (Å²) in [6.07, 6.45) is 1.71. The predicted octanol–water partition coefficient (Wildman–Crippen LogP) is 4.06. The van der Waals surface area contributed by atoms with E-state index in [2.05, 4.69) is 10.3 Å². The minimum Gasteiger partial charge on any atom is -0.351 e. The number of amides is 1. The summed E-state index contributed by atoms with van der Waals surface area (Å²) in [5.74, 6) is 0.0922. The molecule has 4 aromatic rings. The van der Waals surface area contributed by atoms with E-state index in [1.165, 1.54) is 23.1 Å². The number of hydrogen-bond acceptors (Lipinski definition) is 6. The highest BCUT2D eigenvalue weighted by atomic mass is 32.2. The molecule has 8 heteroatoms. The normalized spacial score (nSPS) is 11.8. The number of thioether (sulfide) groups is 1. The van der Waals surface area contributed by atoms with Gasteiger partial charge in [0.2, 0.25) is 5.91 Å². The molecule has 4 rings (SSSR count). The molecule has 1 amide bonds. The molecule has 0 unspecified atom stereocenters. The number of fused-ring (bicyclic) bond motifs is 3. The molecule has 0 fully saturated rings. The maximum atomic E-state index is 13.4. The van der Waals surface area contributed by atoms with Crippen molar-refractivity contribution in [2.45, 2.75) is 38.0 Å². The first-order valence-corrected chi connectivity index (χ1v) is 11.4. The molecule has 0 radical (unpaired) electrons. The van der Waals surface area contributed by atoms with Gasteiger partial charge in [-0.05, 0) is 38.5 Å². The molecule has 0 spiro atoms. The second kappa shape index (κ2) is 8.20. The van der Waals surface area contributed by atoms with Gasteiger partial charge in [0, 0.05) is 17.1 Å². The molecule has 0 saturated carbocycles. The number of pyridine rings is 1. The van der Waals surface area contributed by atoms with Crippen LogP contribution in [0.5, 0.6) is 0 Å². The highest BCUT2D eigenvalue weighted by Gasteiger charge is 2.19. The van der Waals surface area contributed by atoms with Crippen molar-refractivity contribution in [2.75, 3.05) is 5.75 Å². The standard InChI is InChI=1S/C22H22N4O2S2/c1-22(2,3)25-16(27)13-29-21-24-17-15-10-7-11-23-19(15)30-18(17)20(28)26(21)12-14-8-5-4-6-9-14/h4-11H,12-13H2,1-3H3,(H,25,27). The molecule has 30 heavy (non-hydrogen) atoms. The van der Waals surface area contributed by atoms with Gasteiger partial charge in [0.1, 0.15) is 9.53 Å². The van der Waals surface area contributed by atoms with Crippen LogP contribution in [-0.2, 0) is 11.3 Å². The Labute approximate surface area is 182 Å². The monoisotopic (exact) mass is 438 g/mol. The highest BCUT2D eigenvalue weighted by Crippen LogP contribution is 2.30. The van der Waals surface area contributed by atoms with Crippen LogP contribution < -0.4 is 10.9 Å². The average Bonchev–Trinajstić information content (AvgIpc) is 3.07. The van der Waals surface area contributed by atoms with Gasteiger partial charge in [-0.25, -0.2) is 9.97 Å². The van der Waals surface area contributed by atoms with E-state index >= 15 is 0 Å². The summed E-state index contributed by atoms with van der Waals surface area (Å²) in [6.45, 7) is 6.22. The minimum absolute atomic E-state index is 0.0926. The van der Waals surface area contributed by atoms with Crippen LogP contribution in [0.4, 0.5) is 0 Å². The van der Waals surface area contributed by atoms with E-state index < -0.39 is 0 Å². The fourth-order valence-electron chi connectivity index (χ4n) is 3.14. The fourth-order valence-corrected chi connectivity index (χ4v) is 4.96. The first-order valence-electron chi connectivity index (χ1n) is 9.57. The molecule has 1 N–H and O–H groups in total. The summed E-state index contributed by atoms with van der Waals surface area (Å²) in [7, 11) is 0. The molecule has 3 aromatic heterocycles. The number of nitrogens with one attached hydrogen (secondary N) is 1. The SMILES string of the molecule is CC(C)(C)NC(=O)CSc1nc2c(sc3ncccc32)c(=O)n1Cc1ccccc1. The van der Waals surface area contributed by atoms with Crippen LogP contribution in [0.3, 0.4) is 0 Å². The number of hydrogen-bond donors (Lipinski definition) is 1. The zero-order valence-electron chi connectivity index (χ0n) is 17.0. The van der Waals surface area contributed by atoms with E-state index in [1.807, 2.05) is 63.2 Å². The first kappa shape index (κ1) is 20.6. The lowest BCUT2D eigenvalue weighted by atomic mass is 10.1. The number of aromatic nitrogens is 3. The van der Waals surface area contributed by atoms with Crippen molar-refractivity contribution >= 4 is 49.4 Å². The number of nitrogens with zero attached hydrogens (tertiary/aromatic N) is 3. The topological polar surface area (TPSA) is 76.9 Å². The molecule has 0 bridgehead atoms. The molecular weight excluding hydrogens is 416 g/mol. The zero-order valence-corrected chi connectivity index (χ0v) is 18.6. The maximum Gasteiger partial charge on any atom is 0.272 e. The Hall–Kier alpha value is -2.71. The van der Waals surface area contributed by atoms with Gasteiger partial charge in [-0.2, -0.15) is 0 Å². The third-order valence-electron chi connectivity index (χ3n) is 4.35. The first-order chi connectivity index (χ1) is 14.3. The van der Waals surface area contributed by atoms with Crippen molar-refractivity contribution in [1.29, 1.82) is 0 Å². The summed E-state index contributed by atoms with van der Waals surface area (Å²) in [6, 6.07) is 13.6. The number of carbonyl (C=O) groups is 1. The van der Waals surface area contributed by atoms with Crippen LogP contribution in [0.15, 0.2) is 58.6 Å². The Kier molecular flexibility index (Phi) is 5.62. The van der Waals surface area contributed by atoms with Gasteiger partial charge < -0.3 is 5.32 Å². The average molecular weight is 439 g/mol. The third kappa shape index (κ3) is 4.39. The van der Waals surface area contributed by atoms with Gasteiger partial charge in [-0.3, -0.25) is 14.2 Å². The van der Waals surface area contributed by atoms with Gasteiger partial charge in [-0.1, -0.05) is 42.1 Å². The Balaban J connectivity index is 1.78. The maximum absolute atomic E-state index is 13.4. The van der Waals surface area contributed by atoms with Crippen LogP contribution in [-0.4, -0.2) is 31.7 Å². The van der Waals surface area contributed by atoms with Gasteiger partial charge in [0.15, 0.2) is 5.16 Å². The van der Waals surface area contributed by atoms with Crippen LogP contribution in [0.2, 0.25) is 0 Å². The smallest absolute Gasteiger partial charge is 0.272 e. The Morgan fingerprint density at radius 1 is 1.17 bits per heavy atom. The Bertz CT molecular complexity index is 1270. The van der Waals surface area contributed by atoms with Crippen molar-refractivity contribution in [1.82, 2.24) is 19.9 Å². The summed E-state index contributed by atoms with van der Waals surface area (Å²) in [4.78, 5) is 35.7. The molecule has 0 aliphatic rings. The summed E-state index contributed by atoms with van der Waals surface area (Å²) < 4.78 is 2.24. The van der Waals surface area contributed by atoms with Crippen molar-refractivity contribution in [3.8, 4) is 0 Å². The summed E-state index contributed by atoms with van der Waals surface area (Å²) in [5, 5.41) is 4.35. The molecule has 3 heterocycles. The number of benzene rings is 1. The quantitative estimate of drug-likeness (QED) is 0.376. The molecule has 0 atom stereocenters. The largest absolute Gasteiger partial charge is 0.351 e. The highest BCUT2D eigenvalue weighted by molar-refractivity contribution is 7.99. The van der Waals surface area contributed by atoms with Gasteiger partial charge in [0.05, 0.1) is 17.8 Å². The molecule has 6 nitrogen and oxygen atoms in total. The minimum atomic E-state index is -0.312. The molecular formula is C22H22N4O2S2. The molecule has 0 aliphatic carbocycles. The lowest BCUT2D eigenvalue weighted by Gasteiger charge is -2.20. The fraction of sp³-hybridized carbons (Fsp3) is 0.273. The predicted molar refractivity (Wildman–Crippen MR) is 123 cm³/mol. The lowest BCUT2D eigenvalue weighted by Crippen LogP contribution is -2.41. The van der Waals surface area contributed by atoms with Gasteiger partial charge in [-0.15, -0.1) is 11.3 Å². The molecule has 0 saturated heterocycles. The third-order valence-corrected chi connectivity index (χ3v) is 6.42. The Morgan fingerprint density at radius 2 is 1.93 bits per heavy atom. The van der Waals surface area contributed by atoms with Crippen molar-refractivity contribution < 1.29 is 4.79 Å². The number of rotatable bonds is 5. The van der Waals surface area contributed by atoms with Gasteiger partial charge in [0.25, 0.3) is 5.56 Å². The van der Waals surface area contributed by atoms with Crippen molar-refractivity contribution in [2.24, 2.45) is 0 Å². The second-order valence-electron chi connectivity index (χ2n) is 7.99. The zero-order chi connectivity index (χ0) is 21.3. The van der Waals surface area contributed by atoms with E-state index in [4.69, 9.17) is 4.98 Å². The lowest BCUT2D eigenvalue weighted by molar-refractivity contribution is -0.119. The van der Waals surface area contributed by atoms with Crippen LogP contribution >= 0.6 is 23.1 Å².